The summed E-state index contributed by atoms with van der Waals surface area (Å²) in [5.74, 6) is 0.0336. The van der Waals surface area contributed by atoms with Gasteiger partial charge in [-0.25, -0.2) is 0 Å². The molecule has 2 saturated heterocycles. The van der Waals surface area contributed by atoms with Gasteiger partial charge in [0.05, 0.1) is 23.9 Å². The number of piperidine rings is 1. The lowest BCUT2D eigenvalue weighted by Gasteiger charge is -2.41. The van der Waals surface area contributed by atoms with Crippen molar-refractivity contribution in [2.24, 2.45) is 0 Å². The van der Waals surface area contributed by atoms with Crippen LogP contribution in [0.4, 0.5) is 13.2 Å². The van der Waals surface area contributed by atoms with Crippen LogP contribution in [0.2, 0.25) is 5.02 Å². The Kier molecular flexibility index (Phi) is 7.08. The molecule has 2 unspecified atom stereocenters. The average molecular weight is 487 g/mol. The molecule has 1 amide bonds. The van der Waals surface area contributed by atoms with E-state index in [0.29, 0.717) is 25.1 Å². The van der Waals surface area contributed by atoms with Gasteiger partial charge in [0.15, 0.2) is 0 Å². The largest absolute Gasteiger partial charge is 0.490 e. The molecule has 1 aromatic heterocycles. The smallest absolute Gasteiger partial charge is 0.411 e. The number of rotatable bonds is 7. The van der Waals surface area contributed by atoms with Crippen LogP contribution in [0.1, 0.15) is 22.5 Å². The number of ether oxygens (including phenoxy) is 4. The lowest BCUT2D eigenvalue weighted by Crippen LogP contribution is -2.53. The molecule has 33 heavy (non-hydrogen) atoms. The second-order valence-corrected chi connectivity index (χ2v) is 8.09. The maximum absolute atomic E-state index is 13.1. The lowest BCUT2D eigenvalue weighted by molar-refractivity contribution is -0.175. The van der Waals surface area contributed by atoms with Crippen molar-refractivity contribution >= 4 is 17.5 Å². The Morgan fingerprint density at radius 2 is 2.12 bits per heavy atom. The quantitative estimate of drug-likeness (QED) is 0.554. The Labute approximate surface area is 193 Å². The Morgan fingerprint density at radius 3 is 2.85 bits per heavy atom. The summed E-state index contributed by atoms with van der Waals surface area (Å²) in [6, 6.07) is 10.2. The summed E-state index contributed by atoms with van der Waals surface area (Å²) < 4.78 is 57.8. The Bertz CT molecular complexity index is 978. The van der Waals surface area contributed by atoms with E-state index in [4.69, 9.17) is 25.8 Å². The molecule has 3 heterocycles. The minimum Gasteiger partial charge on any atom is -0.490 e. The maximum Gasteiger partial charge on any atom is 0.411 e. The molecule has 178 valence electrons. The van der Waals surface area contributed by atoms with E-state index in [-0.39, 0.29) is 42.8 Å². The molecule has 0 radical (unpaired) electrons. The van der Waals surface area contributed by atoms with Crippen LogP contribution in [0.15, 0.2) is 42.6 Å². The Balaban J connectivity index is 1.36. The number of halogens is 4. The predicted molar refractivity (Wildman–Crippen MR) is 111 cm³/mol. The number of amides is 1. The van der Waals surface area contributed by atoms with Gasteiger partial charge in [-0.05, 0) is 30.3 Å². The van der Waals surface area contributed by atoms with E-state index in [0.717, 1.165) is 5.69 Å². The molecule has 1 aromatic carbocycles. The van der Waals surface area contributed by atoms with Crippen molar-refractivity contribution in [3.8, 4) is 5.75 Å². The summed E-state index contributed by atoms with van der Waals surface area (Å²) >= 11 is 6.22. The van der Waals surface area contributed by atoms with E-state index in [1.807, 2.05) is 18.2 Å². The standard InChI is InChI=1S/C22H22ClF3N2O5/c23-16-11-15(4-5-17(16)31-10-9-30-13-22(24,25)26)20(29)28-8-6-21(18-3-1-2-7-27-18)19(12-28)32-14-33-21/h1-5,7,11,19H,6,8-10,12-14H2. The number of aromatic nitrogens is 1. The van der Waals surface area contributed by atoms with Gasteiger partial charge in [-0.2, -0.15) is 13.2 Å². The maximum atomic E-state index is 13.1. The molecular formula is C22H22ClF3N2O5. The van der Waals surface area contributed by atoms with Gasteiger partial charge < -0.3 is 23.8 Å². The van der Waals surface area contributed by atoms with Gasteiger partial charge >= 0.3 is 6.18 Å². The molecule has 0 N–H and O–H groups in total. The summed E-state index contributed by atoms with van der Waals surface area (Å²) in [5, 5.41) is 0.178. The molecule has 0 spiro atoms. The third-order valence-corrected chi connectivity index (χ3v) is 5.86. The number of pyridine rings is 1. The summed E-state index contributed by atoms with van der Waals surface area (Å²) in [6.45, 7) is -0.780. The van der Waals surface area contributed by atoms with Gasteiger partial charge in [-0.3, -0.25) is 9.78 Å². The molecule has 2 atom stereocenters. The van der Waals surface area contributed by atoms with Crippen LogP contribution >= 0.6 is 11.6 Å². The van der Waals surface area contributed by atoms with Gasteiger partial charge in [0.25, 0.3) is 5.91 Å². The van der Waals surface area contributed by atoms with Crippen molar-refractivity contribution in [3.05, 3.63) is 58.9 Å². The number of fused-ring (bicyclic) bond motifs is 1. The highest BCUT2D eigenvalue weighted by Gasteiger charge is 2.52. The normalized spacial score (nSPS) is 22.8. The van der Waals surface area contributed by atoms with Crippen LogP contribution in [0, 0.1) is 0 Å². The first-order valence-corrected chi connectivity index (χ1v) is 10.7. The van der Waals surface area contributed by atoms with E-state index < -0.39 is 18.4 Å². The fourth-order valence-corrected chi connectivity index (χ4v) is 4.21. The molecular weight excluding hydrogens is 465 g/mol. The van der Waals surface area contributed by atoms with Crippen molar-refractivity contribution in [3.63, 3.8) is 0 Å². The van der Waals surface area contributed by atoms with E-state index in [2.05, 4.69) is 9.72 Å². The highest BCUT2D eigenvalue weighted by molar-refractivity contribution is 6.32. The first-order chi connectivity index (χ1) is 15.8. The van der Waals surface area contributed by atoms with Crippen LogP contribution in [0.25, 0.3) is 0 Å². The van der Waals surface area contributed by atoms with Crippen molar-refractivity contribution in [2.75, 3.05) is 39.7 Å². The number of hydrogen-bond acceptors (Lipinski definition) is 6. The molecule has 4 rings (SSSR count). The topological polar surface area (TPSA) is 70.1 Å². The highest BCUT2D eigenvalue weighted by atomic mass is 35.5. The molecule has 0 saturated carbocycles. The van der Waals surface area contributed by atoms with Crippen LogP contribution in [-0.2, 0) is 19.8 Å². The SMILES string of the molecule is O=C(c1ccc(OCCOCC(F)(F)F)c(Cl)c1)N1CCC2(c3ccccn3)OCOC2C1. The zero-order valence-corrected chi connectivity index (χ0v) is 18.3. The van der Waals surface area contributed by atoms with E-state index in [1.165, 1.54) is 12.1 Å². The number of alkyl halides is 3. The second-order valence-electron chi connectivity index (χ2n) is 7.68. The first-order valence-electron chi connectivity index (χ1n) is 10.3. The minimum absolute atomic E-state index is 0.107. The lowest BCUT2D eigenvalue weighted by atomic mass is 9.85. The van der Waals surface area contributed by atoms with E-state index >= 15 is 0 Å². The molecule has 0 bridgehead atoms. The number of carbonyl (C=O) groups is 1. The van der Waals surface area contributed by atoms with Crippen molar-refractivity contribution in [1.82, 2.24) is 9.88 Å². The van der Waals surface area contributed by atoms with Crippen molar-refractivity contribution in [2.45, 2.75) is 24.3 Å². The van der Waals surface area contributed by atoms with Gasteiger partial charge in [-0.1, -0.05) is 17.7 Å². The molecule has 2 aromatic rings. The van der Waals surface area contributed by atoms with Crippen molar-refractivity contribution in [1.29, 1.82) is 0 Å². The molecule has 2 aliphatic rings. The number of carbonyl (C=O) groups excluding carboxylic acids is 1. The van der Waals surface area contributed by atoms with E-state index in [9.17, 15) is 18.0 Å². The number of nitrogens with zero attached hydrogens (tertiary/aromatic N) is 2. The fraction of sp³-hybridized carbons (Fsp3) is 0.455. The molecule has 11 heteroatoms. The zero-order chi connectivity index (χ0) is 23.5. The number of hydrogen-bond donors (Lipinski definition) is 0. The average Bonchev–Trinajstić information content (AvgIpc) is 3.23. The molecule has 2 fully saturated rings. The zero-order valence-electron chi connectivity index (χ0n) is 17.5. The molecule has 2 aliphatic heterocycles. The summed E-state index contributed by atoms with van der Waals surface area (Å²) in [7, 11) is 0. The Morgan fingerprint density at radius 1 is 1.27 bits per heavy atom. The first kappa shape index (κ1) is 23.7. The van der Waals surface area contributed by atoms with Gasteiger partial charge in [0.2, 0.25) is 0 Å². The van der Waals surface area contributed by atoms with Crippen LogP contribution < -0.4 is 4.74 Å². The summed E-state index contributed by atoms with van der Waals surface area (Å²) in [4.78, 5) is 19.2. The monoisotopic (exact) mass is 486 g/mol. The fourth-order valence-electron chi connectivity index (χ4n) is 3.97. The van der Waals surface area contributed by atoms with Gasteiger partial charge in [0, 0.05) is 24.7 Å². The minimum atomic E-state index is -4.39. The van der Waals surface area contributed by atoms with Gasteiger partial charge in [-0.15, -0.1) is 0 Å². The molecule has 0 aliphatic carbocycles. The molecule has 7 nitrogen and oxygen atoms in total. The van der Waals surface area contributed by atoms with E-state index in [1.54, 1.807) is 17.2 Å². The summed E-state index contributed by atoms with van der Waals surface area (Å²) in [5.41, 5.74) is 0.468. The third kappa shape index (κ3) is 5.40. The van der Waals surface area contributed by atoms with Crippen molar-refractivity contribution < 1.29 is 36.9 Å². The van der Waals surface area contributed by atoms with Crippen LogP contribution in [0.5, 0.6) is 5.75 Å². The Hall–Kier alpha value is -2.40. The van der Waals surface area contributed by atoms with Gasteiger partial charge in [0.1, 0.15) is 37.5 Å². The summed E-state index contributed by atoms with van der Waals surface area (Å²) in [6.07, 6.45) is -2.50. The van der Waals surface area contributed by atoms with Crippen LogP contribution in [-0.4, -0.2) is 67.8 Å². The highest BCUT2D eigenvalue weighted by Crippen LogP contribution is 2.41. The second kappa shape index (κ2) is 9.84. The number of likely N-dealkylation sites (tertiary alicyclic amines) is 1. The predicted octanol–water partition coefficient (Wildman–Crippen LogP) is 3.81. The third-order valence-electron chi connectivity index (χ3n) is 5.56. The number of benzene rings is 1. The van der Waals surface area contributed by atoms with Crippen LogP contribution in [0.3, 0.4) is 0 Å².